The Morgan fingerprint density at radius 1 is 1.28 bits per heavy atom. The Kier molecular flexibility index (Phi) is 4.19. The molecule has 2 heterocycles. The summed E-state index contributed by atoms with van der Waals surface area (Å²) in [4.78, 5) is 16.9. The van der Waals surface area contributed by atoms with E-state index in [1.54, 1.807) is 6.07 Å². The van der Waals surface area contributed by atoms with Gasteiger partial charge in [0.05, 0.1) is 8.66 Å². The van der Waals surface area contributed by atoms with Crippen molar-refractivity contribution >= 4 is 54.9 Å². The van der Waals surface area contributed by atoms with Crippen LogP contribution in [0.2, 0.25) is 0 Å². The first-order valence-electron chi connectivity index (χ1n) is 5.17. The van der Waals surface area contributed by atoms with Crippen LogP contribution in [0, 0.1) is 13.8 Å². The number of thiophene rings is 1. The Bertz CT molecular complexity index is 570. The van der Waals surface area contributed by atoms with Crippen LogP contribution in [-0.2, 0) is 0 Å². The van der Waals surface area contributed by atoms with E-state index in [1.165, 1.54) is 11.3 Å². The molecule has 0 aliphatic carbocycles. The third kappa shape index (κ3) is 3.18. The van der Waals surface area contributed by atoms with E-state index in [1.807, 2.05) is 26.0 Å². The van der Waals surface area contributed by atoms with Gasteiger partial charge in [0.1, 0.15) is 5.82 Å². The van der Waals surface area contributed by atoms with E-state index >= 15 is 0 Å². The molecule has 0 aliphatic rings. The maximum absolute atomic E-state index is 12.0. The van der Waals surface area contributed by atoms with E-state index in [9.17, 15) is 4.79 Å². The highest BCUT2D eigenvalue weighted by atomic mass is 79.9. The van der Waals surface area contributed by atoms with Crippen LogP contribution in [-0.4, -0.2) is 10.9 Å². The van der Waals surface area contributed by atoms with E-state index < -0.39 is 0 Å². The lowest BCUT2D eigenvalue weighted by molar-refractivity contribution is 0.103. The number of aromatic nitrogens is 1. The first-order valence-corrected chi connectivity index (χ1v) is 7.57. The Morgan fingerprint density at radius 3 is 2.56 bits per heavy atom. The highest BCUT2D eigenvalue weighted by molar-refractivity contribution is 9.13. The fraction of sp³-hybridized carbons (Fsp3) is 0.167. The molecule has 0 saturated heterocycles. The van der Waals surface area contributed by atoms with Crippen LogP contribution in [0.15, 0.2) is 26.5 Å². The first-order chi connectivity index (χ1) is 8.45. The summed E-state index contributed by atoms with van der Waals surface area (Å²) in [6.07, 6.45) is 0. The monoisotopic (exact) mass is 388 g/mol. The molecule has 0 spiro atoms. The molecule has 2 aromatic heterocycles. The average Bonchev–Trinajstić information content (AvgIpc) is 2.57. The van der Waals surface area contributed by atoms with Gasteiger partial charge in [-0.1, -0.05) is 0 Å². The van der Waals surface area contributed by atoms with Crippen LogP contribution in [0.1, 0.15) is 20.9 Å². The van der Waals surface area contributed by atoms with Crippen molar-refractivity contribution in [1.82, 2.24) is 4.98 Å². The molecule has 1 amide bonds. The minimum Gasteiger partial charge on any atom is -0.306 e. The van der Waals surface area contributed by atoms with Gasteiger partial charge in [-0.15, -0.1) is 11.3 Å². The maximum atomic E-state index is 12.0. The zero-order chi connectivity index (χ0) is 13.3. The Labute approximate surface area is 126 Å². The number of halogens is 2. The summed E-state index contributed by atoms with van der Waals surface area (Å²) >= 11 is 8.11. The molecule has 0 radical (unpaired) electrons. The second-order valence-electron chi connectivity index (χ2n) is 3.86. The number of hydrogen-bond acceptors (Lipinski definition) is 3. The van der Waals surface area contributed by atoms with Gasteiger partial charge in [0.25, 0.3) is 5.91 Å². The number of rotatable bonds is 2. The van der Waals surface area contributed by atoms with Crippen molar-refractivity contribution in [2.75, 3.05) is 5.32 Å². The number of amides is 1. The summed E-state index contributed by atoms with van der Waals surface area (Å²) in [7, 11) is 0. The molecule has 3 nitrogen and oxygen atoms in total. The zero-order valence-electron chi connectivity index (χ0n) is 9.75. The van der Waals surface area contributed by atoms with Gasteiger partial charge in [0.2, 0.25) is 0 Å². The molecule has 0 aromatic carbocycles. The van der Waals surface area contributed by atoms with Crippen LogP contribution in [0.5, 0.6) is 0 Å². The van der Waals surface area contributed by atoms with Gasteiger partial charge in [0, 0.05) is 10.2 Å². The van der Waals surface area contributed by atoms with Crippen LogP contribution >= 0.6 is 43.2 Å². The molecule has 6 heteroatoms. The number of pyridine rings is 1. The van der Waals surface area contributed by atoms with Crippen molar-refractivity contribution < 1.29 is 4.79 Å². The van der Waals surface area contributed by atoms with Gasteiger partial charge in [-0.05, 0) is 69.5 Å². The normalized spacial score (nSPS) is 10.4. The summed E-state index contributed by atoms with van der Waals surface area (Å²) in [6.45, 7) is 3.88. The number of hydrogen-bond donors (Lipinski definition) is 1. The predicted molar refractivity (Wildman–Crippen MR) is 81.4 cm³/mol. The predicted octanol–water partition coefficient (Wildman–Crippen LogP) is 4.54. The lowest BCUT2D eigenvalue weighted by Gasteiger charge is -2.05. The molecular formula is C12H10Br2N2OS. The van der Waals surface area contributed by atoms with E-state index in [-0.39, 0.29) is 5.91 Å². The molecule has 0 aliphatic heterocycles. The van der Waals surface area contributed by atoms with Gasteiger partial charge in [0.15, 0.2) is 0 Å². The largest absolute Gasteiger partial charge is 0.306 e. The molecule has 94 valence electrons. The minimum absolute atomic E-state index is 0.149. The molecule has 0 atom stereocenters. The van der Waals surface area contributed by atoms with Crippen LogP contribution < -0.4 is 5.32 Å². The standard InChI is InChI=1S/C12H10Br2N2OS/c1-6-3-7(2)15-10(4-6)16-12(17)9-5-8(13)11(14)18-9/h3-5H,1-2H3,(H,15,16,17). The lowest BCUT2D eigenvalue weighted by Crippen LogP contribution is -2.11. The van der Waals surface area contributed by atoms with Gasteiger partial charge < -0.3 is 5.32 Å². The second-order valence-corrected chi connectivity index (χ2v) is 7.08. The van der Waals surface area contributed by atoms with Crippen molar-refractivity contribution in [2.24, 2.45) is 0 Å². The molecule has 2 aromatic rings. The summed E-state index contributed by atoms with van der Waals surface area (Å²) in [6, 6.07) is 5.60. The summed E-state index contributed by atoms with van der Waals surface area (Å²) in [5.41, 5.74) is 1.96. The van der Waals surface area contributed by atoms with Crippen LogP contribution in [0.4, 0.5) is 5.82 Å². The molecule has 0 bridgehead atoms. The first kappa shape index (κ1) is 13.7. The number of nitrogens with zero attached hydrogens (tertiary/aromatic N) is 1. The van der Waals surface area contributed by atoms with Crippen molar-refractivity contribution in [1.29, 1.82) is 0 Å². The maximum Gasteiger partial charge on any atom is 0.266 e. The van der Waals surface area contributed by atoms with Gasteiger partial charge in [-0.3, -0.25) is 4.79 Å². The Morgan fingerprint density at radius 2 is 2.00 bits per heavy atom. The molecule has 0 unspecified atom stereocenters. The molecular weight excluding hydrogens is 380 g/mol. The fourth-order valence-electron chi connectivity index (χ4n) is 1.54. The van der Waals surface area contributed by atoms with E-state index in [2.05, 4.69) is 42.2 Å². The SMILES string of the molecule is Cc1cc(C)nc(NC(=O)c2cc(Br)c(Br)s2)c1. The number of nitrogens with one attached hydrogen (secondary N) is 1. The topological polar surface area (TPSA) is 42.0 Å². The number of aryl methyl sites for hydroxylation is 2. The number of anilines is 1. The summed E-state index contributed by atoms with van der Waals surface area (Å²) in [5, 5.41) is 2.80. The lowest BCUT2D eigenvalue weighted by atomic mass is 10.2. The Hall–Kier alpha value is -0.720. The summed E-state index contributed by atoms with van der Waals surface area (Å²) in [5.74, 6) is 0.432. The Balaban J connectivity index is 2.21. The van der Waals surface area contributed by atoms with Crippen molar-refractivity contribution in [3.8, 4) is 0 Å². The molecule has 18 heavy (non-hydrogen) atoms. The third-order valence-corrected chi connectivity index (χ3v) is 5.46. The minimum atomic E-state index is -0.149. The van der Waals surface area contributed by atoms with Crippen LogP contribution in [0.25, 0.3) is 0 Å². The van der Waals surface area contributed by atoms with E-state index in [0.29, 0.717) is 10.7 Å². The number of carbonyl (C=O) groups excluding carboxylic acids is 1. The zero-order valence-corrected chi connectivity index (χ0v) is 13.7. The molecule has 0 saturated carbocycles. The second kappa shape index (κ2) is 5.50. The van der Waals surface area contributed by atoms with Crippen LogP contribution in [0.3, 0.4) is 0 Å². The van der Waals surface area contributed by atoms with Crippen molar-refractivity contribution in [3.05, 3.63) is 42.6 Å². The molecule has 0 fully saturated rings. The quantitative estimate of drug-likeness (QED) is 0.819. The fourth-order valence-corrected chi connectivity index (χ4v) is 3.47. The van der Waals surface area contributed by atoms with E-state index in [4.69, 9.17) is 0 Å². The number of carbonyl (C=O) groups is 1. The highest BCUT2D eigenvalue weighted by Gasteiger charge is 2.12. The van der Waals surface area contributed by atoms with Gasteiger partial charge >= 0.3 is 0 Å². The highest BCUT2D eigenvalue weighted by Crippen LogP contribution is 2.32. The molecule has 2 rings (SSSR count). The smallest absolute Gasteiger partial charge is 0.266 e. The van der Waals surface area contributed by atoms with Gasteiger partial charge in [-0.2, -0.15) is 0 Å². The summed E-state index contributed by atoms with van der Waals surface area (Å²) < 4.78 is 1.78. The van der Waals surface area contributed by atoms with Crippen molar-refractivity contribution in [3.63, 3.8) is 0 Å². The van der Waals surface area contributed by atoms with Crippen molar-refractivity contribution in [2.45, 2.75) is 13.8 Å². The average molecular weight is 390 g/mol. The molecule has 1 N–H and O–H groups in total. The van der Waals surface area contributed by atoms with E-state index in [0.717, 1.165) is 19.5 Å². The third-order valence-electron chi connectivity index (χ3n) is 2.21. The van der Waals surface area contributed by atoms with Gasteiger partial charge in [-0.25, -0.2) is 4.98 Å².